The first-order valence-electron chi connectivity index (χ1n) is 9.31. The number of amides is 2. The molecule has 0 unspecified atom stereocenters. The van der Waals surface area contributed by atoms with Gasteiger partial charge in [0, 0.05) is 32.3 Å². The number of carbonyl (C=O) groups excluding carboxylic acids is 2. The number of hydrogen-bond donors (Lipinski definition) is 2. The van der Waals surface area contributed by atoms with Gasteiger partial charge in [0.2, 0.25) is 5.91 Å². The quantitative estimate of drug-likeness (QED) is 0.681. The molecule has 1 saturated heterocycles. The maximum Gasteiger partial charge on any atom is 0.291 e. The van der Waals surface area contributed by atoms with Gasteiger partial charge in [0.25, 0.3) is 5.91 Å². The summed E-state index contributed by atoms with van der Waals surface area (Å²) in [6.45, 7) is 1.15. The fourth-order valence-electron chi connectivity index (χ4n) is 3.35. The summed E-state index contributed by atoms with van der Waals surface area (Å²) in [5.41, 5.74) is 2.38. The van der Waals surface area contributed by atoms with E-state index in [0.717, 1.165) is 29.7 Å². The van der Waals surface area contributed by atoms with Gasteiger partial charge in [0.05, 0.1) is 17.3 Å². The fraction of sp³-hybridized carbons (Fsp3) is 0.350. The van der Waals surface area contributed by atoms with E-state index in [9.17, 15) is 9.59 Å². The van der Waals surface area contributed by atoms with Gasteiger partial charge in [-0.2, -0.15) is 0 Å². The highest BCUT2D eigenvalue weighted by atomic mass is 16.5. The molecule has 8 nitrogen and oxygen atoms in total. The van der Waals surface area contributed by atoms with Gasteiger partial charge in [-0.25, -0.2) is 4.98 Å². The van der Waals surface area contributed by atoms with E-state index in [0.29, 0.717) is 25.3 Å². The van der Waals surface area contributed by atoms with E-state index in [1.807, 2.05) is 29.8 Å². The molecule has 0 saturated carbocycles. The highest BCUT2D eigenvalue weighted by Gasteiger charge is 2.23. The van der Waals surface area contributed by atoms with E-state index in [1.54, 1.807) is 12.1 Å². The van der Waals surface area contributed by atoms with Crippen LogP contribution in [0.25, 0.3) is 11.0 Å². The molecule has 3 aromatic rings. The summed E-state index contributed by atoms with van der Waals surface area (Å²) >= 11 is 0. The van der Waals surface area contributed by atoms with Crippen molar-refractivity contribution in [1.29, 1.82) is 0 Å². The maximum atomic E-state index is 12.1. The minimum atomic E-state index is -0.319. The lowest BCUT2D eigenvalue weighted by Gasteiger charge is -2.10. The first kappa shape index (κ1) is 18.2. The molecule has 0 spiro atoms. The second kappa shape index (κ2) is 7.85. The Labute approximate surface area is 161 Å². The van der Waals surface area contributed by atoms with Crippen LogP contribution >= 0.6 is 0 Å². The van der Waals surface area contributed by atoms with Gasteiger partial charge in [-0.1, -0.05) is 0 Å². The Kier molecular flexibility index (Phi) is 5.12. The van der Waals surface area contributed by atoms with Crippen LogP contribution in [0.5, 0.6) is 0 Å². The Bertz CT molecular complexity index is 987. The number of nitrogens with zero attached hydrogens (tertiary/aromatic N) is 2. The number of anilines is 1. The predicted molar refractivity (Wildman–Crippen MR) is 103 cm³/mol. The van der Waals surface area contributed by atoms with Crippen LogP contribution < -0.4 is 10.6 Å². The number of imidazole rings is 1. The molecule has 28 heavy (non-hydrogen) atoms. The number of aromatic nitrogens is 2. The Morgan fingerprint density at radius 2 is 2.21 bits per heavy atom. The van der Waals surface area contributed by atoms with E-state index < -0.39 is 0 Å². The van der Waals surface area contributed by atoms with E-state index in [-0.39, 0.29) is 23.7 Å². The Morgan fingerprint density at radius 3 is 2.96 bits per heavy atom. The smallest absolute Gasteiger partial charge is 0.291 e. The number of nitrogens with one attached hydrogen (secondary N) is 2. The topological polar surface area (TPSA) is 98.4 Å². The molecular formula is C20H22N4O4. The monoisotopic (exact) mass is 382 g/mol. The van der Waals surface area contributed by atoms with Crippen molar-refractivity contribution in [3.8, 4) is 0 Å². The summed E-state index contributed by atoms with van der Waals surface area (Å²) in [5.74, 6) is 0.748. The van der Waals surface area contributed by atoms with Gasteiger partial charge < -0.3 is 24.4 Å². The summed E-state index contributed by atoms with van der Waals surface area (Å²) < 4.78 is 12.5. The Balaban J connectivity index is 1.41. The van der Waals surface area contributed by atoms with E-state index in [2.05, 4.69) is 15.6 Å². The zero-order chi connectivity index (χ0) is 19.5. The third-order valence-electron chi connectivity index (χ3n) is 4.85. The van der Waals surface area contributed by atoms with Crippen LogP contribution in [0.1, 0.15) is 29.2 Å². The van der Waals surface area contributed by atoms with Crippen molar-refractivity contribution >= 4 is 28.5 Å². The van der Waals surface area contributed by atoms with Crippen LogP contribution in [0.4, 0.5) is 5.69 Å². The van der Waals surface area contributed by atoms with Crippen molar-refractivity contribution in [2.45, 2.75) is 25.4 Å². The lowest BCUT2D eigenvalue weighted by molar-refractivity contribution is -0.130. The predicted octanol–water partition coefficient (Wildman–Crippen LogP) is 2.26. The van der Waals surface area contributed by atoms with E-state index in [4.69, 9.17) is 9.15 Å². The molecule has 2 N–H and O–H groups in total. The van der Waals surface area contributed by atoms with Crippen LogP contribution in [-0.4, -0.2) is 40.6 Å². The molecule has 1 aliphatic heterocycles. The number of aryl methyl sites for hydroxylation is 1. The van der Waals surface area contributed by atoms with Gasteiger partial charge in [-0.05, 0) is 43.2 Å². The number of fused-ring (bicyclic) bond motifs is 1. The van der Waals surface area contributed by atoms with Gasteiger partial charge >= 0.3 is 0 Å². The van der Waals surface area contributed by atoms with Crippen molar-refractivity contribution in [1.82, 2.24) is 14.9 Å². The van der Waals surface area contributed by atoms with Gasteiger partial charge in [0.1, 0.15) is 11.9 Å². The average molecular weight is 382 g/mol. The molecule has 4 rings (SSSR count). The molecule has 1 aliphatic rings. The molecule has 8 heteroatoms. The largest absolute Gasteiger partial charge is 0.459 e. The highest BCUT2D eigenvalue weighted by molar-refractivity contribution is 6.03. The molecule has 1 atom stereocenters. The molecule has 0 radical (unpaired) electrons. The number of rotatable bonds is 6. The molecule has 146 valence electrons. The first-order valence-corrected chi connectivity index (χ1v) is 9.31. The Hall–Kier alpha value is -3.13. The Morgan fingerprint density at radius 1 is 1.32 bits per heavy atom. The zero-order valence-corrected chi connectivity index (χ0v) is 15.6. The molecule has 1 fully saturated rings. The van der Waals surface area contributed by atoms with Gasteiger partial charge in [-0.15, -0.1) is 0 Å². The van der Waals surface area contributed by atoms with Crippen LogP contribution in [0.15, 0.2) is 41.0 Å². The summed E-state index contributed by atoms with van der Waals surface area (Å²) in [6, 6.07) is 8.84. The summed E-state index contributed by atoms with van der Waals surface area (Å²) in [7, 11) is 1.94. The normalized spacial score (nSPS) is 16.4. The molecule has 0 aliphatic carbocycles. The maximum absolute atomic E-state index is 12.1. The average Bonchev–Trinajstić information content (AvgIpc) is 3.44. The second-order valence-corrected chi connectivity index (χ2v) is 6.76. The van der Waals surface area contributed by atoms with Gasteiger partial charge in [-0.3, -0.25) is 9.59 Å². The van der Waals surface area contributed by atoms with Crippen LogP contribution in [-0.2, 0) is 23.0 Å². The van der Waals surface area contributed by atoms with Crippen molar-refractivity contribution in [2.24, 2.45) is 7.05 Å². The SMILES string of the molecule is Cn1c(CCNC(=O)[C@H]2CCCO2)nc2cc(NC(=O)c3ccco3)ccc21. The highest BCUT2D eigenvalue weighted by Crippen LogP contribution is 2.20. The lowest BCUT2D eigenvalue weighted by Crippen LogP contribution is -2.35. The van der Waals surface area contributed by atoms with E-state index in [1.165, 1.54) is 6.26 Å². The van der Waals surface area contributed by atoms with Crippen LogP contribution in [0, 0.1) is 0 Å². The molecule has 3 heterocycles. The zero-order valence-electron chi connectivity index (χ0n) is 15.6. The number of ether oxygens (including phenoxy) is 1. The molecule has 2 aromatic heterocycles. The number of hydrogen-bond acceptors (Lipinski definition) is 5. The van der Waals surface area contributed by atoms with Crippen molar-refractivity contribution < 1.29 is 18.7 Å². The molecule has 1 aromatic carbocycles. The number of benzene rings is 1. The summed E-state index contributed by atoms with van der Waals surface area (Å²) in [4.78, 5) is 28.8. The molecule has 2 amide bonds. The number of carbonyl (C=O) groups is 2. The van der Waals surface area contributed by atoms with Gasteiger partial charge in [0.15, 0.2) is 5.76 Å². The second-order valence-electron chi connectivity index (χ2n) is 6.76. The molecular weight excluding hydrogens is 360 g/mol. The van der Waals surface area contributed by atoms with Crippen LogP contribution in [0.2, 0.25) is 0 Å². The summed E-state index contributed by atoms with van der Waals surface area (Å²) in [6.07, 6.45) is 3.46. The minimum absolute atomic E-state index is 0.0563. The minimum Gasteiger partial charge on any atom is -0.459 e. The van der Waals surface area contributed by atoms with Crippen molar-refractivity contribution in [3.05, 3.63) is 48.2 Å². The third-order valence-corrected chi connectivity index (χ3v) is 4.85. The van der Waals surface area contributed by atoms with Crippen molar-refractivity contribution in [3.63, 3.8) is 0 Å². The van der Waals surface area contributed by atoms with Crippen LogP contribution in [0.3, 0.4) is 0 Å². The fourth-order valence-corrected chi connectivity index (χ4v) is 3.35. The van der Waals surface area contributed by atoms with E-state index >= 15 is 0 Å². The lowest BCUT2D eigenvalue weighted by atomic mass is 10.2. The molecule has 0 bridgehead atoms. The number of furan rings is 1. The third kappa shape index (κ3) is 3.77. The first-order chi connectivity index (χ1) is 13.6. The summed E-state index contributed by atoms with van der Waals surface area (Å²) in [5, 5.41) is 5.71. The standard InChI is InChI=1S/C20H22N4O4/c1-24-15-7-6-13(22-20(26)17-5-3-11-28-17)12-14(15)23-18(24)8-9-21-19(25)16-4-2-10-27-16/h3,5-7,11-12,16H,2,4,8-10H2,1H3,(H,21,25)(H,22,26)/t16-/m1/s1. The van der Waals surface area contributed by atoms with Crippen molar-refractivity contribution in [2.75, 3.05) is 18.5 Å².